The zero-order valence-corrected chi connectivity index (χ0v) is 21.4. The smallest absolute Gasteiger partial charge is 0.303 e. The van der Waals surface area contributed by atoms with Crippen LogP contribution in [0.1, 0.15) is 50.7 Å². The molecule has 0 aliphatic heterocycles. The van der Waals surface area contributed by atoms with E-state index in [1.807, 2.05) is 6.92 Å². The molecule has 0 radical (unpaired) electrons. The first-order chi connectivity index (χ1) is 16.8. The van der Waals surface area contributed by atoms with Crippen LogP contribution in [0.3, 0.4) is 0 Å². The van der Waals surface area contributed by atoms with Gasteiger partial charge in [0, 0.05) is 24.1 Å². The third-order valence-electron chi connectivity index (χ3n) is 5.78. The summed E-state index contributed by atoms with van der Waals surface area (Å²) in [7, 11) is 3.09. The Hall–Kier alpha value is -3.11. The summed E-state index contributed by atoms with van der Waals surface area (Å²) < 4.78 is 61.4. The average molecular weight is 508 g/mol. The third-order valence-corrected chi connectivity index (χ3v) is 5.78. The molecule has 0 amide bonds. The van der Waals surface area contributed by atoms with Crippen LogP contribution in [-0.2, 0) is 10.7 Å². The number of aryl methyl sites for hydroxylation is 1. The highest BCUT2D eigenvalue weighted by molar-refractivity contribution is 5.92. The first-order valence-electron chi connectivity index (χ1n) is 11.5. The number of benzene rings is 2. The van der Waals surface area contributed by atoms with Crippen molar-refractivity contribution in [2.24, 2.45) is 0 Å². The van der Waals surface area contributed by atoms with E-state index >= 15 is 4.39 Å². The van der Waals surface area contributed by atoms with Crippen LogP contribution in [0.4, 0.5) is 19.0 Å². The Balaban J connectivity index is 2.05. The maximum Gasteiger partial charge on any atom is 0.303 e. The lowest BCUT2D eigenvalue weighted by molar-refractivity contribution is -0.170. The van der Waals surface area contributed by atoms with Crippen molar-refractivity contribution in [2.45, 2.75) is 58.3 Å². The van der Waals surface area contributed by atoms with Crippen LogP contribution in [0.5, 0.6) is 11.5 Å². The number of aromatic nitrogens is 2. The molecule has 2 aromatic carbocycles. The predicted octanol–water partition coefficient (Wildman–Crippen LogP) is 5.54. The fraction of sp³-hybridized carbons (Fsp3) is 0.462. The number of methoxy groups -OCH3 is 2. The summed E-state index contributed by atoms with van der Waals surface area (Å²) in [6, 6.07) is 6.40. The molecule has 3 rings (SSSR count). The molecule has 7 nitrogen and oxygen atoms in total. The van der Waals surface area contributed by atoms with Gasteiger partial charge in [-0.15, -0.1) is 0 Å². The monoisotopic (exact) mass is 507 g/mol. The number of hydrogen-bond acceptors (Lipinski definition) is 7. The number of aliphatic hydroxyl groups is 1. The van der Waals surface area contributed by atoms with E-state index in [1.165, 1.54) is 19.2 Å². The summed E-state index contributed by atoms with van der Waals surface area (Å²) in [6.45, 7) is 7.43. The number of nitrogens with zero attached hydrogens (tertiary/aromatic N) is 2. The van der Waals surface area contributed by atoms with Crippen molar-refractivity contribution < 1.29 is 32.5 Å². The minimum atomic E-state index is -3.80. The van der Waals surface area contributed by atoms with Crippen LogP contribution >= 0.6 is 0 Å². The van der Waals surface area contributed by atoms with E-state index in [9.17, 15) is 13.9 Å². The fourth-order valence-electron chi connectivity index (χ4n) is 3.84. The number of ether oxygens (including phenoxy) is 3. The van der Waals surface area contributed by atoms with E-state index in [0.717, 1.165) is 19.9 Å². The van der Waals surface area contributed by atoms with Gasteiger partial charge in [0.2, 0.25) is 0 Å². The van der Waals surface area contributed by atoms with Gasteiger partial charge in [-0.05, 0) is 46.8 Å². The standard InChI is InChI=1S/C26H32F3N3O4/c1-14(13-34-6)36-22-11-18-20(12-21(22)35-7)31-16(3)32-24(18)30-15(2)17-9-8-10-19(23(17)27)26(28,29)25(4,5)33/h8-12,14-15,33H,13H2,1-7H3,(H,30,31,32)/t14-,15+/m0/s1. The lowest BCUT2D eigenvalue weighted by atomic mass is 9.91. The molecule has 3 aromatic rings. The van der Waals surface area contributed by atoms with Gasteiger partial charge in [-0.3, -0.25) is 0 Å². The molecule has 0 bridgehead atoms. The molecular formula is C26H32F3N3O4. The summed E-state index contributed by atoms with van der Waals surface area (Å²) >= 11 is 0. The van der Waals surface area contributed by atoms with Crippen molar-refractivity contribution in [3.63, 3.8) is 0 Å². The van der Waals surface area contributed by atoms with Crippen molar-refractivity contribution >= 4 is 16.7 Å². The number of fused-ring (bicyclic) bond motifs is 1. The second-order valence-electron chi connectivity index (χ2n) is 9.23. The van der Waals surface area contributed by atoms with Crippen LogP contribution in [0.15, 0.2) is 30.3 Å². The van der Waals surface area contributed by atoms with E-state index < -0.39 is 28.9 Å². The zero-order chi connectivity index (χ0) is 26.8. The predicted molar refractivity (Wildman–Crippen MR) is 131 cm³/mol. The van der Waals surface area contributed by atoms with Crippen LogP contribution in [-0.4, -0.2) is 47.6 Å². The molecule has 0 fully saturated rings. The number of alkyl halides is 2. The number of rotatable bonds is 10. The molecule has 2 N–H and O–H groups in total. The minimum Gasteiger partial charge on any atom is -0.493 e. The lowest BCUT2D eigenvalue weighted by Gasteiger charge is -2.30. The summed E-state index contributed by atoms with van der Waals surface area (Å²) in [6.07, 6.45) is -0.266. The molecule has 2 atom stereocenters. The average Bonchev–Trinajstić information content (AvgIpc) is 2.78. The number of halogens is 3. The van der Waals surface area contributed by atoms with Crippen molar-refractivity contribution in [3.05, 3.63) is 53.1 Å². The second-order valence-corrected chi connectivity index (χ2v) is 9.23. The summed E-state index contributed by atoms with van der Waals surface area (Å²) in [5.74, 6) is -3.17. The van der Waals surface area contributed by atoms with Crippen molar-refractivity contribution in [3.8, 4) is 11.5 Å². The van der Waals surface area contributed by atoms with Crippen molar-refractivity contribution in [1.82, 2.24) is 9.97 Å². The molecule has 0 aliphatic carbocycles. The number of nitrogens with one attached hydrogen (secondary N) is 1. The Labute approximate surface area is 208 Å². The minimum absolute atomic E-state index is 0.000424. The molecule has 10 heteroatoms. The van der Waals surface area contributed by atoms with Crippen LogP contribution in [0, 0.1) is 12.7 Å². The molecule has 0 saturated heterocycles. The highest BCUT2D eigenvalue weighted by atomic mass is 19.3. The SMILES string of the molecule is COC[C@H](C)Oc1cc2c(N[C@H](C)c3cccc(C(F)(F)C(C)(C)O)c3F)nc(C)nc2cc1OC. The molecule has 1 aromatic heterocycles. The molecular weight excluding hydrogens is 475 g/mol. The van der Waals surface area contributed by atoms with E-state index in [2.05, 4.69) is 15.3 Å². The second kappa shape index (κ2) is 10.5. The molecule has 1 heterocycles. The van der Waals surface area contributed by atoms with Gasteiger partial charge in [0.15, 0.2) is 11.5 Å². The van der Waals surface area contributed by atoms with Crippen molar-refractivity contribution in [2.75, 3.05) is 26.1 Å². The normalized spacial score (nSPS) is 14.0. The Morgan fingerprint density at radius 3 is 2.39 bits per heavy atom. The van der Waals surface area contributed by atoms with Gasteiger partial charge in [-0.25, -0.2) is 14.4 Å². The van der Waals surface area contributed by atoms with E-state index in [4.69, 9.17) is 14.2 Å². The molecule has 0 aliphatic rings. The largest absolute Gasteiger partial charge is 0.493 e. The van der Waals surface area contributed by atoms with E-state index in [0.29, 0.717) is 40.7 Å². The van der Waals surface area contributed by atoms with Crippen LogP contribution < -0.4 is 14.8 Å². The number of anilines is 1. The summed E-state index contributed by atoms with van der Waals surface area (Å²) in [5.41, 5.74) is -2.76. The van der Waals surface area contributed by atoms with Gasteiger partial charge in [0.1, 0.15) is 29.2 Å². The maximum atomic E-state index is 15.3. The Bertz CT molecular complexity index is 1230. The molecule has 196 valence electrons. The van der Waals surface area contributed by atoms with Gasteiger partial charge in [0.25, 0.3) is 0 Å². The van der Waals surface area contributed by atoms with E-state index in [1.54, 1.807) is 33.1 Å². The molecule has 0 spiro atoms. The molecule has 0 saturated carbocycles. The Kier molecular flexibility index (Phi) is 8.00. The van der Waals surface area contributed by atoms with Gasteiger partial charge in [0.05, 0.1) is 30.8 Å². The van der Waals surface area contributed by atoms with Gasteiger partial charge in [-0.2, -0.15) is 8.78 Å². The summed E-state index contributed by atoms with van der Waals surface area (Å²) in [5, 5.41) is 13.6. The van der Waals surface area contributed by atoms with Gasteiger partial charge >= 0.3 is 5.92 Å². The first-order valence-corrected chi connectivity index (χ1v) is 11.5. The Morgan fingerprint density at radius 2 is 1.78 bits per heavy atom. The van der Waals surface area contributed by atoms with Crippen LogP contribution in [0.25, 0.3) is 10.9 Å². The molecule has 0 unspecified atom stereocenters. The van der Waals surface area contributed by atoms with E-state index in [-0.39, 0.29) is 11.7 Å². The Morgan fingerprint density at radius 1 is 1.08 bits per heavy atom. The van der Waals surface area contributed by atoms with Crippen molar-refractivity contribution in [1.29, 1.82) is 0 Å². The first kappa shape index (κ1) is 27.5. The maximum absolute atomic E-state index is 15.3. The summed E-state index contributed by atoms with van der Waals surface area (Å²) in [4.78, 5) is 8.93. The van der Waals surface area contributed by atoms with Gasteiger partial charge in [-0.1, -0.05) is 12.1 Å². The van der Waals surface area contributed by atoms with Gasteiger partial charge < -0.3 is 24.6 Å². The third kappa shape index (κ3) is 5.49. The quantitative estimate of drug-likeness (QED) is 0.373. The highest BCUT2D eigenvalue weighted by Crippen LogP contribution is 2.42. The van der Waals surface area contributed by atoms with Crippen LogP contribution in [0.2, 0.25) is 0 Å². The number of hydrogen-bond donors (Lipinski definition) is 2. The molecule has 36 heavy (non-hydrogen) atoms. The fourth-order valence-corrected chi connectivity index (χ4v) is 3.84. The highest BCUT2D eigenvalue weighted by Gasteiger charge is 2.49. The zero-order valence-electron chi connectivity index (χ0n) is 21.4. The lowest BCUT2D eigenvalue weighted by Crippen LogP contribution is -2.41. The topological polar surface area (TPSA) is 85.7 Å².